The second-order valence-electron chi connectivity index (χ2n) is 6.85. The fraction of sp³-hybridized carbons (Fsp3) is 0.889. The molecule has 5 unspecified atom stereocenters. The molecule has 0 N–H and O–H groups in total. The standard InChI is InChI=1S/C18H34O2/c1-7-19-16(6)10-15(5)12-20-18-11-14(4)8-9-17(18)13(2)3/h14-18H,2,7-12H2,1,3-6H3. The Morgan fingerprint density at radius 2 is 2.00 bits per heavy atom. The van der Waals surface area contributed by atoms with Crippen LogP contribution in [-0.2, 0) is 9.47 Å². The van der Waals surface area contributed by atoms with Gasteiger partial charge >= 0.3 is 0 Å². The van der Waals surface area contributed by atoms with Crippen molar-refractivity contribution >= 4 is 0 Å². The molecule has 5 atom stereocenters. The Morgan fingerprint density at radius 1 is 1.30 bits per heavy atom. The van der Waals surface area contributed by atoms with Gasteiger partial charge in [0, 0.05) is 19.1 Å². The maximum absolute atomic E-state index is 6.25. The van der Waals surface area contributed by atoms with Crippen molar-refractivity contribution in [2.24, 2.45) is 17.8 Å². The Kier molecular flexibility index (Phi) is 7.83. The van der Waals surface area contributed by atoms with Crippen LogP contribution < -0.4 is 0 Å². The molecule has 1 rings (SSSR count). The maximum atomic E-state index is 6.25. The summed E-state index contributed by atoms with van der Waals surface area (Å²) in [5, 5.41) is 0. The molecule has 0 saturated heterocycles. The molecule has 1 saturated carbocycles. The van der Waals surface area contributed by atoms with Crippen LogP contribution in [-0.4, -0.2) is 25.4 Å². The van der Waals surface area contributed by atoms with Gasteiger partial charge in [0.2, 0.25) is 0 Å². The lowest BCUT2D eigenvalue weighted by Crippen LogP contribution is -2.33. The van der Waals surface area contributed by atoms with Gasteiger partial charge < -0.3 is 9.47 Å². The van der Waals surface area contributed by atoms with Gasteiger partial charge in [-0.1, -0.05) is 26.0 Å². The Hall–Kier alpha value is -0.340. The zero-order valence-electron chi connectivity index (χ0n) is 14.2. The normalized spacial score (nSPS) is 29.9. The second kappa shape index (κ2) is 8.84. The van der Waals surface area contributed by atoms with Crippen molar-refractivity contribution in [2.75, 3.05) is 13.2 Å². The highest BCUT2D eigenvalue weighted by Gasteiger charge is 2.30. The number of hydrogen-bond donors (Lipinski definition) is 0. The Labute approximate surface area is 125 Å². The van der Waals surface area contributed by atoms with Crippen molar-refractivity contribution in [3.63, 3.8) is 0 Å². The van der Waals surface area contributed by atoms with Gasteiger partial charge in [-0.2, -0.15) is 0 Å². The number of rotatable bonds is 8. The van der Waals surface area contributed by atoms with E-state index in [4.69, 9.17) is 9.47 Å². The predicted molar refractivity (Wildman–Crippen MR) is 85.9 cm³/mol. The summed E-state index contributed by atoms with van der Waals surface area (Å²) in [6, 6.07) is 0. The summed E-state index contributed by atoms with van der Waals surface area (Å²) in [5.74, 6) is 1.90. The van der Waals surface area contributed by atoms with Crippen molar-refractivity contribution < 1.29 is 9.47 Å². The van der Waals surface area contributed by atoms with Crippen molar-refractivity contribution in [1.82, 2.24) is 0 Å². The smallest absolute Gasteiger partial charge is 0.0642 e. The summed E-state index contributed by atoms with van der Waals surface area (Å²) in [4.78, 5) is 0. The first kappa shape index (κ1) is 17.7. The molecule has 2 nitrogen and oxygen atoms in total. The van der Waals surface area contributed by atoms with E-state index in [1.807, 2.05) is 0 Å². The van der Waals surface area contributed by atoms with E-state index < -0.39 is 0 Å². The predicted octanol–water partition coefficient (Wildman–Crippen LogP) is 4.84. The van der Waals surface area contributed by atoms with Gasteiger partial charge in [0.15, 0.2) is 0 Å². The molecule has 0 aromatic carbocycles. The van der Waals surface area contributed by atoms with E-state index in [0.717, 1.165) is 25.6 Å². The Balaban J connectivity index is 2.38. The third-order valence-electron chi connectivity index (χ3n) is 4.47. The van der Waals surface area contributed by atoms with Gasteiger partial charge in [-0.05, 0) is 58.3 Å². The monoisotopic (exact) mass is 282 g/mol. The fourth-order valence-corrected chi connectivity index (χ4v) is 3.35. The quantitative estimate of drug-likeness (QED) is 0.593. The molecule has 118 valence electrons. The van der Waals surface area contributed by atoms with Crippen molar-refractivity contribution in [1.29, 1.82) is 0 Å². The van der Waals surface area contributed by atoms with Crippen molar-refractivity contribution in [3.05, 3.63) is 12.2 Å². The first-order chi connectivity index (χ1) is 9.43. The highest BCUT2D eigenvalue weighted by atomic mass is 16.5. The lowest BCUT2D eigenvalue weighted by atomic mass is 9.77. The van der Waals surface area contributed by atoms with Gasteiger partial charge in [-0.15, -0.1) is 0 Å². The fourth-order valence-electron chi connectivity index (χ4n) is 3.35. The van der Waals surface area contributed by atoms with Crippen molar-refractivity contribution in [2.45, 2.75) is 72.5 Å². The first-order valence-electron chi connectivity index (χ1n) is 8.32. The minimum Gasteiger partial charge on any atom is -0.379 e. The molecular formula is C18H34O2. The van der Waals surface area contributed by atoms with E-state index >= 15 is 0 Å². The SMILES string of the molecule is C=C(C)C1CCC(C)CC1OCC(C)CC(C)OCC. The maximum Gasteiger partial charge on any atom is 0.0642 e. The van der Waals surface area contributed by atoms with E-state index in [9.17, 15) is 0 Å². The van der Waals surface area contributed by atoms with E-state index in [2.05, 4.69) is 41.2 Å². The lowest BCUT2D eigenvalue weighted by molar-refractivity contribution is -0.0353. The third kappa shape index (κ3) is 5.97. The number of hydrogen-bond acceptors (Lipinski definition) is 2. The third-order valence-corrected chi connectivity index (χ3v) is 4.47. The van der Waals surface area contributed by atoms with Gasteiger partial charge in [0.25, 0.3) is 0 Å². The molecular weight excluding hydrogens is 248 g/mol. The van der Waals surface area contributed by atoms with Gasteiger partial charge in [0.1, 0.15) is 0 Å². The molecule has 20 heavy (non-hydrogen) atoms. The molecule has 1 aliphatic carbocycles. The molecule has 0 spiro atoms. The summed E-state index contributed by atoms with van der Waals surface area (Å²) < 4.78 is 11.9. The molecule has 0 bridgehead atoms. The van der Waals surface area contributed by atoms with Crippen LogP contribution in [0.25, 0.3) is 0 Å². The van der Waals surface area contributed by atoms with Crippen LogP contribution in [0.4, 0.5) is 0 Å². The van der Waals surface area contributed by atoms with Crippen molar-refractivity contribution in [3.8, 4) is 0 Å². The minimum atomic E-state index is 0.334. The molecule has 0 aliphatic heterocycles. The van der Waals surface area contributed by atoms with E-state index in [1.54, 1.807) is 0 Å². The van der Waals surface area contributed by atoms with Crippen LogP contribution in [0.1, 0.15) is 60.3 Å². The number of ether oxygens (including phenoxy) is 2. The van der Waals surface area contributed by atoms with Crippen LogP contribution in [0.5, 0.6) is 0 Å². The molecule has 0 aromatic rings. The molecule has 1 aliphatic rings. The molecule has 2 heteroatoms. The van der Waals surface area contributed by atoms with Crippen LogP contribution in [0, 0.1) is 17.8 Å². The minimum absolute atomic E-state index is 0.334. The first-order valence-corrected chi connectivity index (χ1v) is 8.32. The summed E-state index contributed by atoms with van der Waals surface area (Å²) >= 11 is 0. The van der Waals surface area contributed by atoms with E-state index in [-0.39, 0.29) is 0 Å². The van der Waals surface area contributed by atoms with Gasteiger partial charge in [-0.25, -0.2) is 0 Å². The largest absolute Gasteiger partial charge is 0.379 e. The lowest BCUT2D eigenvalue weighted by Gasteiger charge is -2.36. The molecule has 1 fully saturated rings. The van der Waals surface area contributed by atoms with Crippen LogP contribution in [0.3, 0.4) is 0 Å². The van der Waals surface area contributed by atoms with Crippen LogP contribution >= 0.6 is 0 Å². The van der Waals surface area contributed by atoms with E-state index in [1.165, 1.54) is 24.8 Å². The molecule has 0 amide bonds. The second-order valence-corrected chi connectivity index (χ2v) is 6.85. The van der Waals surface area contributed by atoms with Crippen LogP contribution in [0.15, 0.2) is 12.2 Å². The van der Waals surface area contributed by atoms with Gasteiger partial charge in [0.05, 0.1) is 12.2 Å². The summed E-state index contributed by atoms with van der Waals surface area (Å²) in [6.07, 6.45) is 5.53. The Bertz CT molecular complexity index is 287. The zero-order chi connectivity index (χ0) is 15.1. The molecule has 0 heterocycles. The summed E-state index contributed by atoms with van der Waals surface area (Å²) in [5.41, 5.74) is 1.29. The molecule has 0 aromatic heterocycles. The van der Waals surface area contributed by atoms with E-state index in [0.29, 0.717) is 24.0 Å². The van der Waals surface area contributed by atoms with Crippen LogP contribution in [0.2, 0.25) is 0 Å². The summed E-state index contributed by atoms with van der Waals surface area (Å²) in [6.45, 7) is 16.8. The molecule has 0 radical (unpaired) electrons. The topological polar surface area (TPSA) is 18.5 Å². The van der Waals surface area contributed by atoms with Gasteiger partial charge in [-0.3, -0.25) is 0 Å². The Morgan fingerprint density at radius 3 is 2.60 bits per heavy atom. The average molecular weight is 282 g/mol. The zero-order valence-corrected chi connectivity index (χ0v) is 14.2. The summed E-state index contributed by atoms with van der Waals surface area (Å²) in [7, 11) is 0. The average Bonchev–Trinajstić information content (AvgIpc) is 2.36. The highest BCUT2D eigenvalue weighted by Crippen LogP contribution is 2.34. The highest BCUT2D eigenvalue weighted by molar-refractivity contribution is 5.02.